The molecule has 0 saturated carbocycles. The van der Waals surface area contributed by atoms with Gasteiger partial charge in [-0.15, -0.1) is 12.1 Å². The molecule has 1 aromatic heterocycles. The van der Waals surface area contributed by atoms with Crippen molar-refractivity contribution >= 4 is 23.9 Å². The molecule has 1 aliphatic rings. The second-order valence-electron chi connectivity index (χ2n) is 7.54. The first-order valence-corrected chi connectivity index (χ1v) is 7.88. The highest BCUT2D eigenvalue weighted by Crippen LogP contribution is 2.46. The van der Waals surface area contributed by atoms with Gasteiger partial charge >= 0.3 is 0 Å². The van der Waals surface area contributed by atoms with Crippen molar-refractivity contribution in [1.82, 2.24) is 0 Å². The second kappa shape index (κ2) is 4.79. The molecule has 21 heavy (non-hydrogen) atoms. The molecule has 1 radical (unpaired) electrons. The van der Waals surface area contributed by atoms with Crippen LogP contribution in [0.2, 0.25) is 0 Å². The van der Waals surface area contributed by atoms with Gasteiger partial charge in [0.25, 0.3) is 0 Å². The predicted octanol–water partition coefficient (Wildman–Crippen LogP) is 4.64. The van der Waals surface area contributed by atoms with Gasteiger partial charge in [0.05, 0.1) is 5.66 Å². The first-order chi connectivity index (χ1) is 9.83. The van der Waals surface area contributed by atoms with E-state index in [1.54, 1.807) is 0 Å². The highest BCUT2D eigenvalue weighted by Gasteiger charge is 2.37. The summed E-state index contributed by atoms with van der Waals surface area (Å²) in [7, 11) is 2.02. The third kappa shape index (κ3) is 2.45. The molecule has 1 aromatic carbocycles. The molecule has 3 rings (SSSR count). The fourth-order valence-corrected chi connectivity index (χ4v) is 3.39. The van der Waals surface area contributed by atoms with E-state index in [2.05, 4.69) is 45.9 Å². The van der Waals surface area contributed by atoms with E-state index in [4.69, 9.17) is 4.42 Å². The van der Waals surface area contributed by atoms with Crippen LogP contribution in [0.4, 0.5) is 0 Å². The molecule has 0 atom stereocenters. The third-order valence-corrected chi connectivity index (χ3v) is 4.96. The minimum Gasteiger partial charge on any atom is -0.472 e. The molecule has 0 spiro atoms. The van der Waals surface area contributed by atoms with Crippen LogP contribution in [0.25, 0.3) is 11.0 Å². The molecule has 0 saturated heterocycles. The monoisotopic (exact) mass is 279 g/mol. The highest BCUT2D eigenvalue weighted by molar-refractivity contribution is 6.57. The number of furan rings is 1. The topological polar surface area (TPSA) is 13.1 Å². The van der Waals surface area contributed by atoms with Crippen molar-refractivity contribution in [2.45, 2.75) is 58.3 Å². The Labute approximate surface area is 128 Å². The molecule has 1 nitrogen and oxygen atoms in total. The van der Waals surface area contributed by atoms with Crippen LogP contribution in [0.15, 0.2) is 34.7 Å². The number of benzene rings is 1. The lowest BCUT2D eigenvalue weighted by molar-refractivity contribution is 0.332. The molecule has 0 amide bonds. The van der Waals surface area contributed by atoms with E-state index in [1.165, 1.54) is 29.4 Å². The van der Waals surface area contributed by atoms with Crippen LogP contribution >= 0.6 is 0 Å². The zero-order chi connectivity index (χ0) is 15.3. The number of fused-ring (bicyclic) bond motifs is 2. The van der Waals surface area contributed by atoms with E-state index < -0.39 is 0 Å². The number of hydrogen-bond acceptors (Lipinski definition) is 1. The largest absolute Gasteiger partial charge is 0.472 e. The Balaban J connectivity index is 2.17. The maximum absolute atomic E-state index is 5.99. The quantitative estimate of drug-likeness (QED) is 0.729. The Morgan fingerprint density at radius 2 is 1.62 bits per heavy atom. The number of rotatable bonds is 2. The van der Waals surface area contributed by atoms with Crippen molar-refractivity contribution < 1.29 is 4.42 Å². The number of allylic oxidation sites excluding steroid dienone is 1. The van der Waals surface area contributed by atoms with Crippen molar-refractivity contribution in [3.8, 4) is 0 Å². The average molecular weight is 279 g/mol. The van der Waals surface area contributed by atoms with Gasteiger partial charge in [-0.2, -0.15) is 0 Å². The lowest BCUT2D eigenvalue weighted by atomic mass is 9.63. The van der Waals surface area contributed by atoms with Gasteiger partial charge in [-0.25, -0.2) is 0 Å². The predicted molar refractivity (Wildman–Crippen MR) is 91.7 cm³/mol. The summed E-state index contributed by atoms with van der Waals surface area (Å²) in [6.45, 7) is 11.4. The molecule has 1 heterocycles. The molecule has 109 valence electrons. The summed E-state index contributed by atoms with van der Waals surface area (Å²) in [6, 6.07) is 6.77. The zero-order valence-corrected chi connectivity index (χ0v) is 13.8. The second-order valence-corrected chi connectivity index (χ2v) is 7.54. The maximum atomic E-state index is 5.99. The van der Waals surface area contributed by atoms with Crippen LogP contribution in [-0.2, 0) is 10.8 Å². The summed E-state index contributed by atoms with van der Waals surface area (Å²) in [5.74, 6) is 2.02. The zero-order valence-electron chi connectivity index (χ0n) is 13.8. The van der Waals surface area contributed by atoms with E-state index in [0.717, 1.165) is 11.2 Å². The fraction of sp³-hybridized carbons (Fsp3) is 0.474. The SMILES string of the molecule is C/C=C/[B]c1cc2cc3c(cc2o1)C(C)(C)CCC3(C)C. The minimum atomic E-state index is 0.235. The third-order valence-electron chi connectivity index (χ3n) is 4.96. The fourth-order valence-electron chi connectivity index (χ4n) is 3.39. The van der Waals surface area contributed by atoms with E-state index in [9.17, 15) is 0 Å². The lowest BCUT2D eigenvalue weighted by Crippen LogP contribution is -2.33. The Bertz CT molecular complexity index is 651. The lowest BCUT2D eigenvalue weighted by Gasteiger charge is -2.41. The van der Waals surface area contributed by atoms with Crippen molar-refractivity contribution in [1.29, 1.82) is 0 Å². The standard InChI is InChI=1S/C19H24BO/c1-6-9-20-17-11-13-10-14-15(12-16(13)21-17)19(4,5)8-7-18(14,2)3/h6,9-12H,7-8H2,1-5H3/b9-6+. The van der Waals surface area contributed by atoms with Gasteiger partial charge in [0.2, 0.25) is 7.28 Å². The Morgan fingerprint density at radius 1 is 1.00 bits per heavy atom. The molecule has 0 aliphatic heterocycles. The molecular weight excluding hydrogens is 255 g/mol. The van der Waals surface area contributed by atoms with Gasteiger partial charge < -0.3 is 4.42 Å². The minimum absolute atomic E-state index is 0.235. The van der Waals surface area contributed by atoms with Crippen molar-refractivity contribution in [3.05, 3.63) is 41.4 Å². The number of hydrogen-bond donors (Lipinski definition) is 0. The van der Waals surface area contributed by atoms with Crippen molar-refractivity contribution in [2.24, 2.45) is 0 Å². The normalized spacial score (nSPS) is 19.9. The van der Waals surface area contributed by atoms with Crippen LogP contribution < -0.4 is 5.66 Å². The van der Waals surface area contributed by atoms with Gasteiger partial charge in [0.1, 0.15) is 5.58 Å². The van der Waals surface area contributed by atoms with Crippen molar-refractivity contribution in [2.75, 3.05) is 0 Å². The summed E-state index contributed by atoms with van der Waals surface area (Å²) in [5, 5.41) is 1.22. The van der Waals surface area contributed by atoms with Crippen LogP contribution in [0.3, 0.4) is 0 Å². The molecular formula is C19H24BO. The van der Waals surface area contributed by atoms with Crippen molar-refractivity contribution in [3.63, 3.8) is 0 Å². The molecule has 2 heteroatoms. The summed E-state index contributed by atoms with van der Waals surface area (Å²) in [4.78, 5) is 0. The van der Waals surface area contributed by atoms with Gasteiger partial charge in [-0.1, -0.05) is 27.7 Å². The van der Waals surface area contributed by atoms with Crippen LogP contribution in [0, 0.1) is 0 Å². The summed E-state index contributed by atoms with van der Waals surface area (Å²) < 4.78 is 5.99. The van der Waals surface area contributed by atoms with Gasteiger partial charge in [0.15, 0.2) is 0 Å². The first-order valence-electron chi connectivity index (χ1n) is 7.88. The Hall–Kier alpha value is -1.44. The molecule has 1 aliphatic carbocycles. The van der Waals surface area contributed by atoms with E-state index in [0.29, 0.717) is 0 Å². The first kappa shape index (κ1) is 14.5. The summed E-state index contributed by atoms with van der Waals surface area (Å²) in [6.07, 6.45) is 4.50. The Kier molecular flexibility index (Phi) is 3.31. The molecule has 0 bridgehead atoms. The van der Waals surface area contributed by atoms with Gasteiger partial charge in [0, 0.05) is 5.39 Å². The average Bonchev–Trinajstić information content (AvgIpc) is 2.82. The van der Waals surface area contributed by atoms with Gasteiger partial charge in [-0.3, -0.25) is 0 Å². The molecule has 2 aromatic rings. The summed E-state index contributed by atoms with van der Waals surface area (Å²) >= 11 is 0. The van der Waals surface area contributed by atoms with Crippen LogP contribution in [0.1, 0.15) is 58.6 Å². The van der Waals surface area contributed by atoms with Gasteiger partial charge in [-0.05, 0) is 59.9 Å². The maximum Gasteiger partial charge on any atom is 0.231 e. The highest BCUT2D eigenvalue weighted by atomic mass is 16.3. The Morgan fingerprint density at radius 3 is 2.24 bits per heavy atom. The molecule has 0 fully saturated rings. The molecule has 0 N–H and O–H groups in total. The van der Waals surface area contributed by atoms with E-state index in [1.807, 2.05) is 26.3 Å². The smallest absolute Gasteiger partial charge is 0.231 e. The van der Waals surface area contributed by atoms with E-state index >= 15 is 0 Å². The van der Waals surface area contributed by atoms with Crippen LogP contribution in [0.5, 0.6) is 0 Å². The summed E-state index contributed by atoms with van der Waals surface area (Å²) in [5.41, 5.74) is 5.38. The van der Waals surface area contributed by atoms with Crippen LogP contribution in [-0.4, -0.2) is 7.28 Å². The van der Waals surface area contributed by atoms with E-state index in [-0.39, 0.29) is 10.8 Å². The molecule has 0 unspecified atom stereocenters.